The van der Waals surface area contributed by atoms with Gasteiger partial charge in [-0.2, -0.15) is 11.8 Å². The van der Waals surface area contributed by atoms with Crippen molar-refractivity contribution >= 4 is 17.7 Å². The number of aromatic carboxylic acids is 1. The van der Waals surface area contributed by atoms with Crippen molar-refractivity contribution in [1.82, 2.24) is 5.32 Å². The minimum absolute atomic E-state index is 0.260. The first-order valence-corrected chi connectivity index (χ1v) is 7.07. The standard InChI is InChI=1S/C12H17NO3S/c1-17-11-4-2-3-9(11)13-7-10-8(12(14)15)5-6-16-10/h5-6,9,11,13H,2-4,7H2,1H3,(H,14,15). The van der Waals surface area contributed by atoms with Gasteiger partial charge in [-0.05, 0) is 25.2 Å². The van der Waals surface area contributed by atoms with Crippen molar-refractivity contribution in [2.45, 2.75) is 37.1 Å². The van der Waals surface area contributed by atoms with Crippen LogP contribution in [0.1, 0.15) is 35.4 Å². The van der Waals surface area contributed by atoms with Gasteiger partial charge in [-0.15, -0.1) is 0 Å². The number of nitrogens with one attached hydrogen (secondary N) is 1. The Balaban J connectivity index is 1.93. The van der Waals surface area contributed by atoms with E-state index in [1.165, 1.54) is 25.2 Å². The van der Waals surface area contributed by atoms with Crippen LogP contribution in [0.25, 0.3) is 0 Å². The third-order valence-corrected chi connectivity index (χ3v) is 4.43. The minimum Gasteiger partial charge on any atom is -0.478 e. The monoisotopic (exact) mass is 255 g/mol. The van der Waals surface area contributed by atoms with Gasteiger partial charge in [0.05, 0.1) is 12.8 Å². The maximum Gasteiger partial charge on any atom is 0.339 e. The fourth-order valence-electron chi connectivity index (χ4n) is 2.33. The van der Waals surface area contributed by atoms with E-state index in [2.05, 4.69) is 11.6 Å². The van der Waals surface area contributed by atoms with Crippen molar-refractivity contribution in [3.05, 3.63) is 23.7 Å². The van der Waals surface area contributed by atoms with Crippen molar-refractivity contribution in [3.63, 3.8) is 0 Å². The molecule has 0 amide bonds. The first kappa shape index (κ1) is 12.5. The van der Waals surface area contributed by atoms with Crippen molar-refractivity contribution in [2.75, 3.05) is 6.26 Å². The lowest BCUT2D eigenvalue weighted by Gasteiger charge is -2.18. The Morgan fingerprint density at radius 1 is 1.65 bits per heavy atom. The average molecular weight is 255 g/mol. The number of furan rings is 1. The lowest BCUT2D eigenvalue weighted by molar-refractivity contribution is 0.0694. The second-order valence-corrected chi connectivity index (χ2v) is 5.33. The number of hydrogen-bond acceptors (Lipinski definition) is 4. The summed E-state index contributed by atoms with van der Waals surface area (Å²) in [5.41, 5.74) is 0.260. The van der Waals surface area contributed by atoms with E-state index in [-0.39, 0.29) is 5.56 Å². The highest BCUT2D eigenvalue weighted by Crippen LogP contribution is 2.28. The molecule has 0 spiro atoms. The van der Waals surface area contributed by atoms with Crippen LogP contribution in [0.2, 0.25) is 0 Å². The van der Waals surface area contributed by atoms with Gasteiger partial charge < -0.3 is 14.8 Å². The van der Waals surface area contributed by atoms with Crippen LogP contribution in [0.15, 0.2) is 16.7 Å². The molecule has 2 rings (SSSR count). The van der Waals surface area contributed by atoms with Crippen molar-refractivity contribution in [2.24, 2.45) is 0 Å². The number of carboxylic acids is 1. The van der Waals surface area contributed by atoms with Crippen LogP contribution in [0.5, 0.6) is 0 Å². The van der Waals surface area contributed by atoms with Crippen LogP contribution in [0.4, 0.5) is 0 Å². The van der Waals surface area contributed by atoms with Gasteiger partial charge in [0.2, 0.25) is 0 Å². The lowest BCUT2D eigenvalue weighted by atomic mass is 10.2. The maximum atomic E-state index is 10.9. The number of rotatable bonds is 5. The summed E-state index contributed by atoms with van der Waals surface area (Å²) in [5.74, 6) is -0.410. The molecule has 0 saturated heterocycles. The Morgan fingerprint density at radius 3 is 3.18 bits per heavy atom. The van der Waals surface area contributed by atoms with E-state index in [1.54, 1.807) is 0 Å². The molecule has 1 aromatic rings. The number of carbonyl (C=O) groups is 1. The highest BCUT2D eigenvalue weighted by atomic mass is 32.2. The normalized spacial score (nSPS) is 24.1. The molecule has 1 aliphatic carbocycles. The summed E-state index contributed by atoms with van der Waals surface area (Å²) in [6, 6.07) is 1.97. The molecule has 4 nitrogen and oxygen atoms in total. The van der Waals surface area contributed by atoms with E-state index in [0.717, 1.165) is 6.42 Å². The molecule has 0 bridgehead atoms. The summed E-state index contributed by atoms with van der Waals surface area (Å²) in [5, 5.41) is 13.0. The van der Waals surface area contributed by atoms with E-state index in [1.807, 2.05) is 11.8 Å². The van der Waals surface area contributed by atoms with E-state index in [4.69, 9.17) is 9.52 Å². The Bertz CT molecular complexity index is 391. The van der Waals surface area contributed by atoms with Crippen LogP contribution in [0.3, 0.4) is 0 Å². The van der Waals surface area contributed by atoms with E-state index < -0.39 is 5.97 Å². The van der Waals surface area contributed by atoms with Gasteiger partial charge in [0.15, 0.2) is 0 Å². The Labute approximate surface area is 105 Å². The largest absolute Gasteiger partial charge is 0.478 e. The van der Waals surface area contributed by atoms with E-state index in [0.29, 0.717) is 23.6 Å². The molecule has 0 aromatic carbocycles. The molecule has 1 saturated carbocycles. The zero-order valence-corrected chi connectivity index (χ0v) is 10.6. The Morgan fingerprint density at radius 2 is 2.47 bits per heavy atom. The molecule has 1 heterocycles. The first-order valence-electron chi connectivity index (χ1n) is 5.78. The van der Waals surface area contributed by atoms with Crippen LogP contribution < -0.4 is 5.32 Å². The van der Waals surface area contributed by atoms with Crippen LogP contribution in [0, 0.1) is 0 Å². The van der Waals surface area contributed by atoms with Gasteiger partial charge in [-0.25, -0.2) is 4.79 Å². The van der Waals surface area contributed by atoms with Gasteiger partial charge in [-0.3, -0.25) is 0 Å². The predicted octanol–water partition coefficient (Wildman–Crippen LogP) is 2.35. The quantitative estimate of drug-likeness (QED) is 0.845. The molecule has 5 heteroatoms. The topological polar surface area (TPSA) is 62.5 Å². The molecule has 1 fully saturated rings. The van der Waals surface area contributed by atoms with Crippen LogP contribution >= 0.6 is 11.8 Å². The number of hydrogen-bond donors (Lipinski definition) is 2. The molecule has 2 N–H and O–H groups in total. The van der Waals surface area contributed by atoms with E-state index >= 15 is 0 Å². The molecule has 0 radical (unpaired) electrons. The number of thioether (sulfide) groups is 1. The molecule has 2 unspecified atom stereocenters. The zero-order chi connectivity index (χ0) is 12.3. The SMILES string of the molecule is CSC1CCCC1NCc1occc1C(=O)O. The van der Waals surface area contributed by atoms with Crippen molar-refractivity contribution in [3.8, 4) is 0 Å². The lowest BCUT2D eigenvalue weighted by Crippen LogP contribution is -2.33. The van der Waals surface area contributed by atoms with Crippen molar-refractivity contribution in [1.29, 1.82) is 0 Å². The summed E-state index contributed by atoms with van der Waals surface area (Å²) in [6.07, 6.45) is 7.20. The zero-order valence-electron chi connectivity index (χ0n) is 9.81. The summed E-state index contributed by atoms with van der Waals surface area (Å²) in [4.78, 5) is 10.9. The second-order valence-electron chi connectivity index (χ2n) is 4.26. The highest BCUT2D eigenvalue weighted by molar-refractivity contribution is 7.99. The Hall–Kier alpha value is -0.940. The minimum atomic E-state index is -0.927. The fraction of sp³-hybridized carbons (Fsp3) is 0.583. The third kappa shape index (κ3) is 2.84. The molecule has 1 aromatic heterocycles. The molecule has 17 heavy (non-hydrogen) atoms. The van der Waals surface area contributed by atoms with Crippen LogP contribution in [-0.4, -0.2) is 28.6 Å². The second kappa shape index (κ2) is 5.60. The summed E-state index contributed by atoms with van der Waals surface area (Å²) >= 11 is 1.88. The molecular formula is C12H17NO3S. The van der Waals surface area contributed by atoms with Gasteiger partial charge in [0.1, 0.15) is 11.3 Å². The summed E-state index contributed by atoms with van der Waals surface area (Å²) in [7, 11) is 0. The summed E-state index contributed by atoms with van der Waals surface area (Å²) < 4.78 is 5.20. The van der Waals surface area contributed by atoms with Gasteiger partial charge in [-0.1, -0.05) is 6.42 Å². The fourth-order valence-corrected chi connectivity index (χ4v) is 3.30. The third-order valence-electron chi connectivity index (χ3n) is 3.26. The van der Waals surface area contributed by atoms with Gasteiger partial charge in [0.25, 0.3) is 0 Å². The first-order chi connectivity index (χ1) is 8.22. The summed E-state index contributed by atoms with van der Waals surface area (Å²) in [6.45, 7) is 0.496. The molecular weight excluding hydrogens is 238 g/mol. The van der Waals surface area contributed by atoms with Gasteiger partial charge in [0, 0.05) is 11.3 Å². The molecule has 94 valence electrons. The molecule has 2 atom stereocenters. The van der Waals surface area contributed by atoms with E-state index in [9.17, 15) is 4.79 Å². The van der Waals surface area contributed by atoms with Crippen LogP contribution in [-0.2, 0) is 6.54 Å². The van der Waals surface area contributed by atoms with Gasteiger partial charge >= 0.3 is 5.97 Å². The Kier molecular flexibility index (Phi) is 4.12. The molecule has 1 aliphatic rings. The average Bonchev–Trinajstić information content (AvgIpc) is 2.94. The highest BCUT2D eigenvalue weighted by Gasteiger charge is 2.26. The van der Waals surface area contributed by atoms with Crippen molar-refractivity contribution < 1.29 is 14.3 Å². The smallest absolute Gasteiger partial charge is 0.339 e. The predicted molar refractivity (Wildman–Crippen MR) is 67.4 cm³/mol. The number of carboxylic acid groups (broad SMARTS) is 1. The molecule has 0 aliphatic heterocycles. The maximum absolute atomic E-state index is 10.9.